The Hall–Kier alpha value is -3.35. The molecule has 3 aliphatic rings. The van der Waals surface area contributed by atoms with Gasteiger partial charge in [0.15, 0.2) is 0 Å². The fourth-order valence-corrected chi connectivity index (χ4v) is 6.13. The number of ether oxygens (including phenoxy) is 1. The minimum Gasteiger partial charge on any atom is -0.480 e. The van der Waals surface area contributed by atoms with Crippen molar-refractivity contribution >= 4 is 18.0 Å². The molecule has 0 heterocycles. The average molecular weight is 477 g/mol. The SMILES string of the molecule is O=C(CCCCNC(=O)OCC1c2ccccc2-c2ccccc21)NC1(C(=O)O)CC2(CCC2)C1. The predicted octanol–water partition coefficient (Wildman–Crippen LogP) is 4.60. The molecular formula is C28H32N2O5. The first kappa shape index (κ1) is 23.4. The van der Waals surface area contributed by atoms with Gasteiger partial charge >= 0.3 is 12.1 Å². The summed E-state index contributed by atoms with van der Waals surface area (Å²) >= 11 is 0. The van der Waals surface area contributed by atoms with Crippen molar-refractivity contribution in [3.8, 4) is 11.1 Å². The standard InChI is InChI=1S/C28H32N2O5/c31-24(30-28(25(32)33)17-27(18-28)13-7-14-27)12-5-6-15-29-26(34)35-16-23-21-10-3-1-8-19(21)20-9-2-4-11-22(20)23/h1-4,8-11,23H,5-7,12-18H2,(H,29,34)(H,30,31)(H,32,33). The fraction of sp³-hybridized carbons (Fsp3) is 0.464. The molecule has 1 spiro atoms. The van der Waals surface area contributed by atoms with Crippen molar-refractivity contribution in [2.75, 3.05) is 13.2 Å². The van der Waals surface area contributed by atoms with Crippen LogP contribution in [0.4, 0.5) is 4.79 Å². The number of amides is 2. The highest BCUT2D eigenvalue weighted by atomic mass is 16.5. The number of hydrogen-bond donors (Lipinski definition) is 3. The largest absolute Gasteiger partial charge is 0.480 e. The lowest BCUT2D eigenvalue weighted by molar-refractivity contribution is -0.165. The van der Waals surface area contributed by atoms with Gasteiger partial charge in [-0.25, -0.2) is 9.59 Å². The van der Waals surface area contributed by atoms with Crippen LogP contribution in [0.15, 0.2) is 48.5 Å². The zero-order valence-electron chi connectivity index (χ0n) is 19.8. The van der Waals surface area contributed by atoms with Crippen molar-refractivity contribution in [1.29, 1.82) is 0 Å². The van der Waals surface area contributed by atoms with Gasteiger partial charge in [0, 0.05) is 18.9 Å². The molecule has 3 aliphatic carbocycles. The first-order valence-electron chi connectivity index (χ1n) is 12.5. The van der Waals surface area contributed by atoms with Crippen LogP contribution in [0, 0.1) is 5.41 Å². The van der Waals surface area contributed by atoms with Crippen LogP contribution < -0.4 is 10.6 Å². The van der Waals surface area contributed by atoms with E-state index in [1.165, 1.54) is 22.3 Å². The van der Waals surface area contributed by atoms with E-state index in [4.69, 9.17) is 4.74 Å². The number of carboxylic acids is 1. The smallest absolute Gasteiger partial charge is 0.407 e. The molecule has 0 aromatic heterocycles. The summed E-state index contributed by atoms with van der Waals surface area (Å²) < 4.78 is 5.52. The van der Waals surface area contributed by atoms with E-state index in [-0.39, 0.29) is 30.3 Å². The third-order valence-corrected chi connectivity index (χ3v) is 8.00. The van der Waals surface area contributed by atoms with Crippen LogP contribution >= 0.6 is 0 Å². The molecule has 2 amide bonds. The van der Waals surface area contributed by atoms with Gasteiger partial charge in [0.2, 0.25) is 5.91 Å². The quantitative estimate of drug-likeness (QED) is 0.459. The Bertz CT molecular complexity index is 1090. The molecule has 0 radical (unpaired) electrons. The van der Waals surface area contributed by atoms with Gasteiger partial charge in [-0.05, 0) is 66.2 Å². The van der Waals surface area contributed by atoms with Gasteiger partial charge in [0.05, 0.1) is 0 Å². The summed E-state index contributed by atoms with van der Waals surface area (Å²) in [5.41, 5.74) is 3.77. The van der Waals surface area contributed by atoms with Crippen LogP contribution in [0.3, 0.4) is 0 Å². The van der Waals surface area contributed by atoms with E-state index in [1.54, 1.807) is 0 Å². The molecule has 2 saturated carbocycles. The number of benzene rings is 2. The van der Waals surface area contributed by atoms with Crippen LogP contribution in [0.25, 0.3) is 11.1 Å². The second-order valence-electron chi connectivity index (χ2n) is 10.4. The predicted molar refractivity (Wildman–Crippen MR) is 131 cm³/mol. The zero-order chi connectivity index (χ0) is 24.5. The average Bonchev–Trinajstić information content (AvgIpc) is 3.12. The number of aliphatic carboxylic acids is 1. The van der Waals surface area contributed by atoms with E-state index in [0.717, 1.165) is 19.3 Å². The molecule has 7 nitrogen and oxygen atoms in total. The summed E-state index contributed by atoms with van der Waals surface area (Å²) in [6.07, 6.45) is 5.34. The maximum Gasteiger partial charge on any atom is 0.407 e. The highest BCUT2D eigenvalue weighted by molar-refractivity contribution is 5.88. The van der Waals surface area contributed by atoms with Gasteiger partial charge in [0.25, 0.3) is 0 Å². The van der Waals surface area contributed by atoms with Gasteiger partial charge in [-0.15, -0.1) is 0 Å². The monoisotopic (exact) mass is 476 g/mol. The molecule has 184 valence electrons. The number of rotatable bonds is 9. The van der Waals surface area contributed by atoms with Crippen molar-refractivity contribution in [2.45, 2.75) is 62.8 Å². The Morgan fingerprint density at radius 2 is 1.57 bits per heavy atom. The van der Waals surface area contributed by atoms with Gasteiger partial charge in [0.1, 0.15) is 12.1 Å². The summed E-state index contributed by atoms with van der Waals surface area (Å²) in [7, 11) is 0. The molecule has 0 atom stereocenters. The normalized spacial score (nSPS) is 18.5. The molecule has 35 heavy (non-hydrogen) atoms. The van der Waals surface area contributed by atoms with Crippen LogP contribution in [0.5, 0.6) is 0 Å². The first-order valence-corrected chi connectivity index (χ1v) is 12.5. The molecule has 2 aromatic rings. The molecule has 0 bridgehead atoms. The number of unbranched alkanes of at least 4 members (excludes halogenated alkanes) is 1. The Kier molecular flexibility index (Phi) is 6.26. The second-order valence-corrected chi connectivity index (χ2v) is 10.4. The lowest BCUT2D eigenvalue weighted by atomic mass is 9.48. The third kappa shape index (κ3) is 4.51. The molecule has 0 saturated heterocycles. The van der Waals surface area contributed by atoms with Gasteiger partial charge in [-0.2, -0.15) is 0 Å². The van der Waals surface area contributed by atoms with Gasteiger partial charge < -0.3 is 20.5 Å². The number of carbonyl (C=O) groups excluding carboxylic acids is 2. The number of alkyl carbamates (subject to hydrolysis) is 1. The lowest BCUT2D eigenvalue weighted by Gasteiger charge is -2.59. The highest BCUT2D eigenvalue weighted by Crippen LogP contribution is 2.60. The van der Waals surface area contributed by atoms with Crippen molar-refractivity contribution in [2.24, 2.45) is 5.41 Å². The summed E-state index contributed by atoms with van der Waals surface area (Å²) in [6, 6.07) is 16.4. The molecule has 2 aromatic carbocycles. The Balaban J connectivity index is 1.02. The van der Waals surface area contributed by atoms with E-state index in [0.29, 0.717) is 32.2 Å². The number of carboxylic acid groups (broad SMARTS) is 1. The molecule has 0 unspecified atom stereocenters. The molecule has 5 rings (SSSR count). The van der Waals surface area contributed by atoms with Crippen molar-refractivity contribution in [3.63, 3.8) is 0 Å². The van der Waals surface area contributed by atoms with Gasteiger partial charge in [-0.3, -0.25) is 4.79 Å². The lowest BCUT2D eigenvalue weighted by Crippen LogP contribution is -2.68. The maximum atomic E-state index is 12.3. The topological polar surface area (TPSA) is 105 Å². The molecule has 0 aliphatic heterocycles. The van der Waals surface area contributed by atoms with Crippen LogP contribution in [0.1, 0.15) is 68.4 Å². The van der Waals surface area contributed by atoms with Crippen LogP contribution in [-0.4, -0.2) is 41.8 Å². The number of fused-ring (bicyclic) bond motifs is 3. The Labute approximate surface area is 205 Å². The Morgan fingerprint density at radius 1 is 0.943 bits per heavy atom. The highest BCUT2D eigenvalue weighted by Gasteiger charge is 2.61. The van der Waals surface area contributed by atoms with Crippen molar-refractivity contribution in [1.82, 2.24) is 10.6 Å². The zero-order valence-corrected chi connectivity index (χ0v) is 19.8. The van der Waals surface area contributed by atoms with E-state index < -0.39 is 17.6 Å². The minimum atomic E-state index is -1.09. The molecule has 7 heteroatoms. The van der Waals surface area contributed by atoms with E-state index in [2.05, 4.69) is 34.9 Å². The second kappa shape index (κ2) is 9.36. The summed E-state index contributed by atoms with van der Waals surface area (Å²) in [4.78, 5) is 36.3. The number of carbonyl (C=O) groups is 3. The van der Waals surface area contributed by atoms with Crippen LogP contribution in [-0.2, 0) is 14.3 Å². The molecule has 3 N–H and O–H groups in total. The van der Waals surface area contributed by atoms with Crippen molar-refractivity contribution < 1.29 is 24.2 Å². The fourth-order valence-electron chi connectivity index (χ4n) is 6.13. The number of hydrogen-bond acceptors (Lipinski definition) is 4. The first-order chi connectivity index (χ1) is 16.9. The van der Waals surface area contributed by atoms with Crippen molar-refractivity contribution in [3.05, 3.63) is 59.7 Å². The summed E-state index contributed by atoms with van der Waals surface area (Å²) in [6.45, 7) is 0.665. The minimum absolute atomic E-state index is 0.0176. The molecular weight excluding hydrogens is 444 g/mol. The van der Waals surface area contributed by atoms with E-state index in [1.807, 2.05) is 24.3 Å². The Morgan fingerprint density at radius 3 is 2.14 bits per heavy atom. The van der Waals surface area contributed by atoms with E-state index in [9.17, 15) is 19.5 Å². The summed E-state index contributed by atoms with van der Waals surface area (Å²) in [5.74, 6) is -1.15. The van der Waals surface area contributed by atoms with Gasteiger partial charge in [-0.1, -0.05) is 55.0 Å². The number of nitrogens with one attached hydrogen (secondary N) is 2. The third-order valence-electron chi connectivity index (χ3n) is 8.00. The van der Waals surface area contributed by atoms with E-state index >= 15 is 0 Å². The maximum absolute atomic E-state index is 12.3. The molecule has 2 fully saturated rings. The summed E-state index contributed by atoms with van der Waals surface area (Å²) in [5, 5.41) is 15.1. The van der Waals surface area contributed by atoms with Crippen LogP contribution in [0.2, 0.25) is 0 Å².